The molecule has 1 unspecified atom stereocenters. The third-order valence-electron chi connectivity index (χ3n) is 3.11. The van der Waals surface area contributed by atoms with Gasteiger partial charge in [0.2, 0.25) is 0 Å². The SMILES string of the molecule is Cc1ccc(N2CCC(N(C)C)C2)nc1. The Hall–Kier alpha value is -1.09. The van der Waals surface area contributed by atoms with Crippen molar-refractivity contribution in [2.75, 3.05) is 32.1 Å². The second-order valence-corrected chi connectivity index (χ2v) is 4.55. The molecule has 1 aromatic rings. The Bertz CT molecular complexity index is 318. The third kappa shape index (κ3) is 2.29. The summed E-state index contributed by atoms with van der Waals surface area (Å²) in [5, 5.41) is 0. The summed E-state index contributed by atoms with van der Waals surface area (Å²) in [6.07, 6.45) is 3.18. The first-order valence-corrected chi connectivity index (χ1v) is 5.51. The molecule has 0 radical (unpaired) electrons. The zero-order chi connectivity index (χ0) is 10.8. The second kappa shape index (κ2) is 4.19. The van der Waals surface area contributed by atoms with Crippen LogP contribution in [0.15, 0.2) is 18.3 Å². The Kier molecular flexibility index (Phi) is 2.91. The van der Waals surface area contributed by atoms with Crippen LogP contribution < -0.4 is 4.90 Å². The zero-order valence-corrected chi connectivity index (χ0v) is 9.77. The van der Waals surface area contributed by atoms with Gasteiger partial charge in [0.05, 0.1) is 0 Å². The molecule has 0 bridgehead atoms. The highest BCUT2D eigenvalue weighted by Gasteiger charge is 2.24. The Morgan fingerprint density at radius 1 is 1.40 bits per heavy atom. The van der Waals surface area contributed by atoms with Crippen molar-refractivity contribution in [3.05, 3.63) is 23.9 Å². The predicted octanol–water partition coefficient (Wildman–Crippen LogP) is 1.53. The Morgan fingerprint density at radius 2 is 2.20 bits per heavy atom. The minimum absolute atomic E-state index is 0.674. The number of hydrogen-bond acceptors (Lipinski definition) is 3. The number of aromatic nitrogens is 1. The average Bonchev–Trinajstić information content (AvgIpc) is 2.68. The molecule has 1 atom stereocenters. The fraction of sp³-hybridized carbons (Fsp3) is 0.583. The lowest BCUT2D eigenvalue weighted by Gasteiger charge is -2.21. The molecule has 82 valence electrons. The molecule has 3 nitrogen and oxygen atoms in total. The van der Waals surface area contributed by atoms with Crippen molar-refractivity contribution in [1.82, 2.24) is 9.88 Å². The zero-order valence-electron chi connectivity index (χ0n) is 9.77. The van der Waals surface area contributed by atoms with E-state index in [1.807, 2.05) is 6.20 Å². The quantitative estimate of drug-likeness (QED) is 0.730. The van der Waals surface area contributed by atoms with Crippen LogP contribution in [0.1, 0.15) is 12.0 Å². The number of anilines is 1. The highest BCUT2D eigenvalue weighted by Crippen LogP contribution is 2.19. The van der Waals surface area contributed by atoms with E-state index < -0.39 is 0 Å². The van der Waals surface area contributed by atoms with Gasteiger partial charge >= 0.3 is 0 Å². The van der Waals surface area contributed by atoms with Crippen LogP contribution in [-0.4, -0.2) is 43.1 Å². The maximum absolute atomic E-state index is 4.46. The number of pyridine rings is 1. The van der Waals surface area contributed by atoms with Gasteiger partial charge in [0.1, 0.15) is 5.82 Å². The molecule has 1 saturated heterocycles. The van der Waals surface area contributed by atoms with Gasteiger partial charge in [0.25, 0.3) is 0 Å². The highest BCUT2D eigenvalue weighted by atomic mass is 15.3. The molecule has 0 aromatic carbocycles. The van der Waals surface area contributed by atoms with Crippen molar-refractivity contribution >= 4 is 5.82 Å². The lowest BCUT2D eigenvalue weighted by molar-refractivity contribution is 0.315. The monoisotopic (exact) mass is 205 g/mol. The molecule has 0 aliphatic carbocycles. The van der Waals surface area contributed by atoms with Crippen molar-refractivity contribution < 1.29 is 0 Å². The molecule has 1 aliphatic rings. The van der Waals surface area contributed by atoms with Crippen LogP contribution in [0.4, 0.5) is 5.82 Å². The van der Waals surface area contributed by atoms with Gasteiger partial charge in [-0.1, -0.05) is 6.07 Å². The van der Waals surface area contributed by atoms with Crippen LogP contribution in [-0.2, 0) is 0 Å². The maximum atomic E-state index is 4.46. The standard InChI is InChI=1S/C12H19N3/c1-10-4-5-12(13-8-10)15-7-6-11(9-15)14(2)3/h4-5,8,11H,6-7,9H2,1-3H3. The van der Waals surface area contributed by atoms with Gasteiger partial charge in [-0.05, 0) is 39.1 Å². The molecule has 0 saturated carbocycles. The van der Waals surface area contributed by atoms with Crippen molar-refractivity contribution in [1.29, 1.82) is 0 Å². The topological polar surface area (TPSA) is 19.4 Å². The van der Waals surface area contributed by atoms with Crippen LogP contribution in [0, 0.1) is 6.92 Å². The molecular weight excluding hydrogens is 186 g/mol. The summed E-state index contributed by atoms with van der Waals surface area (Å²) in [5.41, 5.74) is 1.22. The van der Waals surface area contributed by atoms with Gasteiger partial charge < -0.3 is 9.80 Å². The fourth-order valence-electron chi connectivity index (χ4n) is 2.02. The van der Waals surface area contributed by atoms with Gasteiger partial charge in [-0.3, -0.25) is 0 Å². The number of likely N-dealkylation sites (N-methyl/N-ethyl adjacent to an activating group) is 1. The van der Waals surface area contributed by atoms with E-state index >= 15 is 0 Å². The number of hydrogen-bond donors (Lipinski definition) is 0. The molecule has 0 N–H and O–H groups in total. The maximum Gasteiger partial charge on any atom is 0.128 e. The van der Waals surface area contributed by atoms with Crippen LogP contribution in [0.3, 0.4) is 0 Å². The van der Waals surface area contributed by atoms with Gasteiger partial charge in [-0.25, -0.2) is 4.98 Å². The fourth-order valence-corrected chi connectivity index (χ4v) is 2.02. The molecule has 0 spiro atoms. The Balaban J connectivity index is 2.04. The lowest BCUT2D eigenvalue weighted by Crippen LogP contribution is -2.31. The first-order chi connectivity index (χ1) is 7.16. The van der Waals surface area contributed by atoms with Crippen LogP contribution in [0.25, 0.3) is 0 Å². The van der Waals surface area contributed by atoms with E-state index in [9.17, 15) is 0 Å². The molecular formula is C12H19N3. The molecule has 0 amide bonds. The molecule has 15 heavy (non-hydrogen) atoms. The van der Waals surface area contributed by atoms with Crippen molar-refractivity contribution in [2.24, 2.45) is 0 Å². The van der Waals surface area contributed by atoms with Crippen LogP contribution >= 0.6 is 0 Å². The van der Waals surface area contributed by atoms with E-state index in [1.165, 1.54) is 12.0 Å². The van der Waals surface area contributed by atoms with E-state index in [4.69, 9.17) is 0 Å². The van der Waals surface area contributed by atoms with Crippen LogP contribution in [0.2, 0.25) is 0 Å². The number of nitrogens with zero attached hydrogens (tertiary/aromatic N) is 3. The van der Waals surface area contributed by atoms with Crippen molar-refractivity contribution in [2.45, 2.75) is 19.4 Å². The average molecular weight is 205 g/mol. The van der Waals surface area contributed by atoms with E-state index in [1.54, 1.807) is 0 Å². The van der Waals surface area contributed by atoms with E-state index in [0.29, 0.717) is 6.04 Å². The molecule has 3 heteroatoms. The van der Waals surface area contributed by atoms with Gasteiger partial charge in [-0.2, -0.15) is 0 Å². The predicted molar refractivity (Wildman–Crippen MR) is 63.3 cm³/mol. The summed E-state index contributed by atoms with van der Waals surface area (Å²) in [6, 6.07) is 4.92. The van der Waals surface area contributed by atoms with E-state index in [2.05, 4.69) is 47.9 Å². The summed E-state index contributed by atoms with van der Waals surface area (Å²) in [5.74, 6) is 1.12. The Morgan fingerprint density at radius 3 is 2.73 bits per heavy atom. The lowest BCUT2D eigenvalue weighted by atomic mass is 10.2. The van der Waals surface area contributed by atoms with Crippen molar-refractivity contribution in [3.63, 3.8) is 0 Å². The molecule has 2 heterocycles. The minimum atomic E-state index is 0.674. The first-order valence-electron chi connectivity index (χ1n) is 5.51. The molecule has 2 rings (SSSR count). The normalized spacial score (nSPS) is 21.3. The van der Waals surface area contributed by atoms with Gasteiger partial charge in [0, 0.05) is 25.3 Å². The van der Waals surface area contributed by atoms with Crippen molar-refractivity contribution in [3.8, 4) is 0 Å². The first kappa shape index (κ1) is 10.4. The largest absolute Gasteiger partial charge is 0.355 e. The summed E-state index contributed by atoms with van der Waals surface area (Å²) < 4.78 is 0. The summed E-state index contributed by atoms with van der Waals surface area (Å²) in [6.45, 7) is 4.30. The summed E-state index contributed by atoms with van der Waals surface area (Å²) >= 11 is 0. The van der Waals surface area contributed by atoms with Gasteiger partial charge in [0.15, 0.2) is 0 Å². The highest BCUT2D eigenvalue weighted by molar-refractivity contribution is 5.40. The molecule has 1 fully saturated rings. The third-order valence-corrected chi connectivity index (χ3v) is 3.11. The summed E-state index contributed by atoms with van der Waals surface area (Å²) in [7, 11) is 4.30. The van der Waals surface area contributed by atoms with E-state index in [0.717, 1.165) is 18.9 Å². The molecule has 1 aromatic heterocycles. The number of aryl methyl sites for hydroxylation is 1. The van der Waals surface area contributed by atoms with Crippen LogP contribution in [0.5, 0.6) is 0 Å². The number of rotatable bonds is 2. The summed E-state index contributed by atoms with van der Waals surface area (Å²) in [4.78, 5) is 9.13. The smallest absolute Gasteiger partial charge is 0.128 e. The van der Waals surface area contributed by atoms with Gasteiger partial charge in [-0.15, -0.1) is 0 Å². The molecule has 1 aliphatic heterocycles. The second-order valence-electron chi connectivity index (χ2n) is 4.55. The Labute approximate surface area is 91.7 Å². The minimum Gasteiger partial charge on any atom is -0.355 e. The van der Waals surface area contributed by atoms with E-state index in [-0.39, 0.29) is 0 Å².